The van der Waals surface area contributed by atoms with Crippen LogP contribution < -0.4 is 5.32 Å². The van der Waals surface area contributed by atoms with Crippen LogP contribution in [0.15, 0.2) is 36.9 Å². The molecule has 1 N–H and O–H groups in total. The van der Waals surface area contributed by atoms with Crippen LogP contribution >= 0.6 is 0 Å². The third-order valence-electron chi connectivity index (χ3n) is 7.16. The van der Waals surface area contributed by atoms with Gasteiger partial charge in [0, 0.05) is 49.5 Å². The molecule has 3 aliphatic rings. The minimum atomic E-state index is 0.0982. The number of likely N-dealkylation sites (N-methyl/N-ethyl adjacent to an activating group) is 1. The number of nitrogens with one attached hydrogen (secondary N) is 1. The highest BCUT2D eigenvalue weighted by Gasteiger charge is 2.33. The number of fused-ring (bicyclic) bond motifs is 2. The maximum Gasteiger partial charge on any atom is 0.274 e. The molecule has 1 amide bonds. The number of rotatable bonds is 5. The average Bonchev–Trinajstić information content (AvgIpc) is 3.35. The van der Waals surface area contributed by atoms with Crippen molar-refractivity contribution in [3.8, 4) is 0 Å². The van der Waals surface area contributed by atoms with E-state index in [4.69, 9.17) is 5.10 Å². The second-order valence-corrected chi connectivity index (χ2v) is 9.32. The number of hydrogen-bond donors (Lipinski definition) is 1. The number of carbonyl (C=O) groups is 1. The fourth-order valence-electron chi connectivity index (χ4n) is 5.44. The molecule has 1 fully saturated rings. The van der Waals surface area contributed by atoms with E-state index in [1.165, 1.54) is 16.8 Å². The van der Waals surface area contributed by atoms with Crippen molar-refractivity contribution in [3.05, 3.63) is 65.0 Å². The molecule has 6 nitrogen and oxygen atoms in total. The van der Waals surface area contributed by atoms with Gasteiger partial charge in [0.05, 0.1) is 6.54 Å². The van der Waals surface area contributed by atoms with Crippen LogP contribution in [0.25, 0.3) is 0 Å². The van der Waals surface area contributed by atoms with E-state index in [-0.39, 0.29) is 5.91 Å². The molecule has 0 radical (unpaired) electrons. The Morgan fingerprint density at radius 2 is 1.84 bits per heavy atom. The van der Waals surface area contributed by atoms with Crippen LogP contribution in [0.5, 0.6) is 0 Å². The van der Waals surface area contributed by atoms with E-state index in [0.717, 1.165) is 63.8 Å². The van der Waals surface area contributed by atoms with Crippen LogP contribution in [0.4, 0.5) is 0 Å². The lowest BCUT2D eigenvalue weighted by atomic mass is 9.90. The van der Waals surface area contributed by atoms with E-state index in [0.29, 0.717) is 24.3 Å². The SMILES string of the molecule is C=CCn1nc(C(=O)N2CCN(C)CC2)c2c1CC[C@@H](NC1Cc3ccccc3C1)C2. The number of benzene rings is 1. The lowest BCUT2D eigenvalue weighted by molar-refractivity contribution is 0.0656. The van der Waals surface area contributed by atoms with E-state index >= 15 is 0 Å². The van der Waals surface area contributed by atoms with Crippen molar-refractivity contribution in [2.24, 2.45) is 0 Å². The minimum absolute atomic E-state index is 0.0982. The molecule has 31 heavy (non-hydrogen) atoms. The number of amides is 1. The molecule has 0 unspecified atom stereocenters. The molecule has 1 saturated heterocycles. The lowest BCUT2D eigenvalue weighted by Gasteiger charge is -2.32. The molecule has 5 rings (SSSR count). The van der Waals surface area contributed by atoms with Crippen LogP contribution in [0, 0.1) is 0 Å². The maximum absolute atomic E-state index is 13.4. The molecule has 2 aromatic rings. The topological polar surface area (TPSA) is 53.4 Å². The number of nitrogens with zero attached hydrogens (tertiary/aromatic N) is 4. The lowest BCUT2D eigenvalue weighted by Crippen LogP contribution is -2.47. The van der Waals surface area contributed by atoms with Crippen LogP contribution in [0.1, 0.15) is 39.3 Å². The van der Waals surface area contributed by atoms with Crippen LogP contribution in [0.2, 0.25) is 0 Å². The molecule has 6 heteroatoms. The second-order valence-electron chi connectivity index (χ2n) is 9.32. The predicted molar refractivity (Wildman–Crippen MR) is 122 cm³/mol. The zero-order valence-electron chi connectivity index (χ0n) is 18.5. The quantitative estimate of drug-likeness (QED) is 0.754. The molecular formula is C25H33N5O. The molecule has 2 heterocycles. The highest BCUT2D eigenvalue weighted by molar-refractivity contribution is 5.94. The van der Waals surface area contributed by atoms with Gasteiger partial charge in [-0.25, -0.2) is 0 Å². The third-order valence-corrected chi connectivity index (χ3v) is 7.16. The van der Waals surface area contributed by atoms with Crippen molar-refractivity contribution in [2.75, 3.05) is 33.2 Å². The van der Waals surface area contributed by atoms with Crippen molar-refractivity contribution >= 4 is 5.91 Å². The summed E-state index contributed by atoms with van der Waals surface area (Å²) < 4.78 is 2.01. The average molecular weight is 420 g/mol. The first kappa shape index (κ1) is 20.5. The van der Waals surface area contributed by atoms with Crippen LogP contribution in [-0.4, -0.2) is 70.8 Å². The Morgan fingerprint density at radius 1 is 1.13 bits per heavy atom. The summed E-state index contributed by atoms with van der Waals surface area (Å²) in [5.41, 5.74) is 6.00. The van der Waals surface area contributed by atoms with Gasteiger partial charge >= 0.3 is 0 Å². The molecular weight excluding hydrogens is 386 g/mol. The number of piperazine rings is 1. The summed E-state index contributed by atoms with van der Waals surface area (Å²) in [5, 5.41) is 8.70. The second kappa shape index (κ2) is 8.60. The summed E-state index contributed by atoms with van der Waals surface area (Å²) in [6.07, 6.45) is 7.00. The van der Waals surface area contributed by atoms with Crippen molar-refractivity contribution in [1.29, 1.82) is 0 Å². The maximum atomic E-state index is 13.4. The van der Waals surface area contributed by atoms with Crippen molar-refractivity contribution in [2.45, 2.75) is 50.7 Å². The summed E-state index contributed by atoms with van der Waals surface area (Å²) in [7, 11) is 2.11. The number of aromatic nitrogens is 2. The Hall–Kier alpha value is -2.44. The van der Waals surface area contributed by atoms with Gasteiger partial charge in [-0.15, -0.1) is 6.58 Å². The summed E-state index contributed by atoms with van der Waals surface area (Å²) in [5.74, 6) is 0.0982. The van der Waals surface area contributed by atoms with Gasteiger partial charge in [-0.3, -0.25) is 9.48 Å². The third kappa shape index (κ3) is 4.06. The fraction of sp³-hybridized carbons (Fsp3) is 0.520. The van der Waals surface area contributed by atoms with E-state index < -0.39 is 0 Å². The van der Waals surface area contributed by atoms with Gasteiger partial charge in [-0.2, -0.15) is 5.10 Å². The first-order chi connectivity index (χ1) is 15.1. The van der Waals surface area contributed by atoms with Gasteiger partial charge in [-0.05, 0) is 50.3 Å². The van der Waals surface area contributed by atoms with Gasteiger partial charge in [0.2, 0.25) is 0 Å². The zero-order chi connectivity index (χ0) is 21.4. The van der Waals surface area contributed by atoms with Crippen LogP contribution in [0.3, 0.4) is 0 Å². The standard InChI is InChI=1S/C25H33N5O/c1-3-10-30-23-9-8-20(26-21-15-18-6-4-5-7-19(18)16-21)17-22(23)24(27-30)25(31)29-13-11-28(2)12-14-29/h3-7,20-21,26H,1,8-17H2,2H3/t20-/m1/s1. The molecule has 0 spiro atoms. The summed E-state index contributed by atoms with van der Waals surface area (Å²) in [6, 6.07) is 9.66. The minimum Gasteiger partial charge on any atom is -0.335 e. The molecule has 1 aromatic carbocycles. The smallest absolute Gasteiger partial charge is 0.274 e. The molecule has 1 aliphatic heterocycles. The van der Waals surface area contributed by atoms with Gasteiger partial charge in [0.25, 0.3) is 5.91 Å². The van der Waals surface area contributed by atoms with Gasteiger partial charge in [0.15, 0.2) is 5.69 Å². The molecule has 1 aromatic heterocycles. The Labute approximate surface area is 184 Å². The van der Waals surface area contributed by atoms with Gasteiger partial charge in [-0.1, -0.05) is 30.3 Å². The predicted octanol–water partition coefficient (Wildman–Crippen LogP) is 2.07. The molecule has 2 aliphatic carbocycles. The number of allylic oxidation sites excluding steroid dienone is 1. The fourth-order valence-corrected chi connectivity index (χ4v) is 5.44. The molecule has 1 atom stereocenters. The monoisotopic (exact) mass is 419 g/mol. The first-order valence-corrected chi connectivity index (χ1v) is 11.6. The number of carbonyl (C=O) groups excluding carboxylic acids is 1. The van der Waals surface area contributed by atoms with Crippen molar-refractivity contribution in [3.63, 3.8) is 0 Å². The zero-order valence-corrected chi connectivity index (χ0v) is 18.5. The Morgan fingerprint density at radius 3 is 2.52 bits per heavy atom. The first-order valence-electron chi connectivity index (χ1n) is 11.6. The van der Waals surface area contributed by atoms with Crippen LogP contribution in [-0.2, 0) is 32.2 Å². The van der Waals surface area contributed by atoms with Crippen molar-refractivity contribution in [1.82, 2.24) is 24.9 Å². The molecule has 0 bridgehead atoms. The Kier molecular flexibility index (Phi) is 5.67. The summed E-state index contributed by atoms with van der Waals surface area (Å²) in [4.78, 5) is 17.6. The highest BCUT2D eigenvalue weighted by atomic mass is 16.2. The van der Waals surface area contributed by atoms with Gasteiger partial charge in [0.1, 0.15) is 0 Å². The van der Waals surface area contributed by atoms with Gasteiger partial charge < -0.3 is 15.1 Å². The highest BCUT2D eigenvalue weighted by Crippen LogP contribution is 2.28. The van der Waals surface area contributed by atoms with E-state index in [9.17, 15) is 4.79 Å². The van der Waals surface area contributed by atoms with Crippen molar-refractivity contribution < 1.29 is 4.79 Å². The van der Waals surface area contributed by atoms with E-state index in [2.05, 4.69) is 48.1 Å². The summed E-state index contributed by atoms with van der Waals surface area (Å²) in [6.45, 7) is 7.95. The summed E-state index contributed by atoms with van der Waals surface area (Å²) >= 11 is 0. The molecule has 0 saturated carbocycles. The largest absolute Gasteiger partial charge is 0.335 e. The van der Waals surface area contributed by atoms with E-state index in [1.54, 1.807) is 0 Å². The number of hydrogen-bond acceptors (Lipinski definition) is 4. The Bertz CT molecular complexity index is 947. The Balaban J connectivity index is 1.33. The van der Waals surface area contributed by atoms with E-state index in [1.807, 2.05) is 15.7 Å². The normalized spacial score (nSPS) is 21.7. The molecule has 164 valence electrons.